The first-order valence-electron chi connectivity index (χ1n) is 4.08. The number of carboxylic acids is 2. The number of phenols is 1. The molecule has 0 saturated carbocycles. The molecule has 0 spiro atoms. The van der Waals surface area contributed by atoms with Crippen LogP contribution in [0.15, 0.2) is 23.8 Å². The Labute approximate surface area is 95.2 Å². The number of rotatable bonds is 3. The Morgan fingerprint density at radius 2 is 1.75 bits per heavy atom. The van der Waals surface area contributed by atoms with Gasteiger partial charge in [0.15, 0.2) is 0 Å². The molecule has 6 heteroatoms. The lowest BCUT2D eigenvalue weighted by Gasteiger charge is -1.99. The zero-order chi connectivity index (χ0) is 12.3. The maximum Gasteiger partial charge on any atom is 0.343 e. The fraction of sp³-hybridized carbons (Fsp3) is 0. The molecule has 0 bridgehead atoms. The van der Waals surface area contributed by atoms with Crippen LogP contribution in [0.3, 0.4) is 0 Å². The van der Waals surface area contributed by atoms with Crippen LogP contribution in [0.1, 0.15) is 5.56 Å². The van der Waals surface area contributed by atoms with Crippen molar-refractivity contribution in [1.29, 1.82) is 0 Å². The van der Waals surface area contributed by atoms with Crippen LogP contribution in [0.4, 0.5) is 0 Å². The SMILES string of the molecule is O=C(O)C(=Cc1ccc(O)c(Cl)c1)C(=O)O. The van der Waals surface area contributed by atoms with Crippen molar-refractivity contribution in [3.63, 3.8) is 0 Å². The van der Waals surface area contributed by atoms with E-state index in [1.54, 1.807) is 0 Å². The first kappa shape index (κ1) is 12.1. The van der Waals surface area contributed by atoms with Crippen LogP contribution in [0.5, 0.6) is 5.75 Å². The molecule has 0 aliphatic carbocycles. The second kappa shape index (κ2) is 4.67. The predicted octanol–water partition coefficient (Wildman–Crippen LogP) is 1.60. The van der Waals surface area contributed by atoms with Crippen LogP contribution in [0, 0.1) is 0 Å². The maximum absolute atomic E-state index is 10.6. The summed E-state index contributed by atoms with van der Waals surface area (Å²) < 4.78 is 0. The Bertz CT molecular complexity index is 462. The van der Waals surface area contributed by atoms with Gasteiger partial charge in [0, 0.05) is 0 Å². The van der Waals surface area contributed by atoms with Gasteiger partial charge >= 0.3 is 11.9 Å². The smallest absolute Gasteiger partial charge is 0.343 e. The van der Waals surface area contributed by atoms with E-state index in [2.05, 4.69) is 0 Å². The highest BCUT2D eigenvalue weighted by Gasteiger charge is 2.15. The standard InChI is InChI=1S/C10H7ClO5/c11-7-4-5(1-2-8(7)12)3-6(9(13)14)10(15)16/h1-4,12H,(H,13,14)(H,15,16). The first-order valence-corrected chi connectivity index (χ1v) is 4.46. The number of hydrogen-bond donors (Lipinski definition) is 3. The normalized spacial score (nSPS) is 9.56. The van der Waals surface area contributed by atoms with Gasteiger partial charge in [0.1, 0.15) is 11.3 Å². The predicted molar refractivity (Wildman–Crippen MR) is 56.4 cm³/mol. The van der Waals surface area contributed by atoms with Crippen molar-refractivity contribution >= 4 is 29.6 Å². The van der Waals surface area contributed by atoms with Crippen molar-refractivity contribution in [3.05, 3.63) is 34.4 Å². The highest BCUT2D eigenvalue weighted by Crippen LogP contribution is 2.24. The molecule has 0 aromatic heterocycles. The number of aliphatic carboxylic acids is 2. The average Bonchev–Trinajstić information content (AvgIpc) is 2.18. The Hall–Kier alpha value is -2.01. The van der Waals surface area contributed by atoms with Gasteiger partial charge in [-0.3, -0.25) is 0 Å². The molecule has 0 saturated heterocycles. The summed E-state index contributed by atoms with van der Waals surface area (Å²) in [6, 6.07) is 3.87. The second-order valence-corrected chi connectivity index (χ2v) is 3.29. The van der Waals surface area contributed by atoms with E-state index >= 15 is 0 Å². The minimum atomic E-state index is -1.54. The molecule has 1 rings (SSSR count). The van der Waals surface area contributed by atoms with Gasteiger partial charge in [-0.1, -0.05) is 17.7 Å². The van der Waals surface area contributed by atoms with E-state index in [0.29, 0.717) is 0 Å². The molecule has 0 amide bonds. The molecule has 1 aromatic rings. The van der Waals surface area contributed by atoms with Gasteiger partial charge in [-0.05, 0) is 23.8 Å². The van der Waals surface area contributed by atoms with E-state index in [9.17, 15) is 9.59 Å². The lowest BCUT2D eigenvalue weighted by Crippen LogP contribution is -2.10. The minimum Gasteiger partial charge on any atom is -0.506 e. The van der Waals surface area contributed by atoms with Crippen molar-refractivity contribution < 1.29 is 24.9 Å². The Balaban J connectivity index is 3.18. The molecule has 1 aromatic carbocycles. The van der Waals surface area contributed by atoms with Crippen LogP contribution < -0.4 is 0 Å². The third kappa shape index (κ3) is 2.74. The number of aromatic hydroxyl groups is 1. The summed E-state index contributed by atoms with van der Waals surface area (Å²) in [5, 5.41) is 26.3. The van der Waals surface area contributed by atoms with E-state index in [1.165, 1.54) is 18.2 Å². The summed E-state index contributed by atoms with van der Waals surface area (Å²) in [6.07, 6.45) is 0.954. The molecule has 0 radical (unpaired) electrons. The molecule has 3 N–H and O–H groups in total. The zero-order valence-corrected chi connectivity index (χ0v) is 8.60. The van der Waals surface area contributed by atoms with Gasteiger partial charge in [-0.15, -0.1) is 0 Å². The summed E-state index contributed by atoms with van der Waals surface area (Å²) in [6.45, 7) is 0. The molecule has 84 valence electrons. The Kier molecular flexibility index (Phi) is 3.52. The first-order chi connectivity index (χ1) is 7.41. The van der Waals surface area contributed by atoms with Gasteiger partial charge < -0.3 is 15.3 Å². The van der Waals surface area contributed by atoms with Crippen LogP contribution >= 0.6 is 11.6 Å². The third-order valence-corrected chi connectivity index (χ3v) is 2.05. The summed E-state index contributed by atoms with van der Waals surface area (Å²) in [5.74, 6) is -3.25. The maximum atomic E-state index is 10.6. The van der Waals surface area contributed by atoms with Gasteiger partial charge in [-0.25, -0.2) is 9.59 Å². The highest BCUT2D eigenvalue weighted by molar-refractivity contribution is 6.32. The minimum absolute atomic E-state index is 0.0175. The highest BCUT2D eigenvalue weighted by atomic mass is 35.5. The van der Waals surface area contributed by atoms with Crippen LogP contribution in [0.2, 0.25) is 5.02 Å². The summed E-state index contributed by atoms with van der Waals surface area (Å²) in [4.78, 5) is 21.1. The lowest BCUT2D eigenvalue weighted by molar-refractivity contribution is -0.139. The van der Waals surface area contributed by atoms with Crippen LogP contribution in [-0.2, 0) is 9.59 Å². The zero-order valence-electron chi connectivity index (χ0n) is 7.85. The average molecular weight is 243 g/mol. The molecular weight excluding hydrogens is 236 g/mol. The molecule has 5 nitrogen and oxygen atoms in total. The van der Waals surface area contributed by atoms with Gasteiger partial charge in [0.25, 0.3) is 0 Å². The van der Waals surface area contributed by atoms with E-state index in [-0.39, 0.29) is 16.3 Å². The number of halogens is 1. The largest absolute Gasteiger partial charge is 0.506 e. The molecule has 0 aliphatic heterocycles. The summed E-state index contributed by atoms with van der Waals surface area (Å²) >= 11 is 5.58. The van der Waals surface area contributed by atoms with Crippen molar-refractivity contribution in [2.24, 2.45) is 0 Å². The van der Waals surface area contributed by atoms with Crippen molar-refractivity contribution in [3.8, 4) is 5.75 Å². The second-order valence-electron chi connectivity index (χ2n) is 2.88. The molecule has 0 heterocycles. The van der Waals surface area contributed by atoms with Gasteiger partial charge in [0.2, 0.25) is 0 Å². The lowest BCUT2D eigenvalue weighted by atomic mass is 10.1. The van der Waals surface area contributed by atoms with Crippen molar-refractivity contribution in [2.75, 3.05) is 0 Å². The number of phenolic OH excluding ortho intramolecular Hbond substituents is 1. The fourth-order valence-corrected chi connectivity index (χ4v) is 1.18. The number of carboxylic acid groups (broad SMARTS) is 2. The third-order valence-electron chi connectivity index (χ3n) is 1.74. The van der Waals surface area contributed by atoms with Gasteiger partial charge in [0.05, 0.1) is 5.02 Å². The summed E-state index contributed by atoms with van der Waals surface area (Å²) in [5.41, 5.74) is -0.496. The Morgan fingerprint density at radius 3 is 2.19 bits per heavy atom. The number of hydrogen-bond acceptors (Lipinski definition) is 3. The topological polar surface area (TPSA) is 94.8 Å². The van der Waals surface area contributed by atoms with Gasteiger partial charge in [-0.2, -0.15) is 0 Å². The van der Waals surface area contributed by atoms with E-state index in [4.69, 9.17) is 26.9 Å². The quantitative estimate of drug-likeness (QED) is 0.425. The molecule has 0 atom stereocenters. The summed E-state index contributed by atoms with van der Waals surface area (Å²) in [7, 11) is 0. The number of carbonyl (C=O) groups is 2. The molecule has 0 unspecified atom stereocenters. The van der Waals surface area contributed by atoms with Crippen molar-refractivity contribution in [2.45, 2.75) is 0 Å². The van der Waals surface area contributed by atoms with Crippen LogP contribution in [-0.4, -0.2) is 27.3 Å². The molecule has 16 heavy (non-hydrogen) atoms. The van der Waals surface area contributed by atoms with E-state index in [0.717, 1.165) is 6.08 Å². The van der Waals surface area contributed by atoms with Crippen LogP contribution in [0.25, 0.3) is 6.08 Å². The fourth-order valence-electron chi connectivity index (χ4n) is 0.995. The monoisotopic (exact) mass is 242 g/mol. The van der Waals surface area contributed by atoms with Crippen molar-refractivity contribution in [1.82, 2.24) is 0 Å². The molecular formula is C10H7ClO5. The number of benzene rings is 1. The Morgan fingerprint density at radius 1 is 1.19 bits per heavy atom. The molecule has 0 aliphatic rings. The van der Waals surface area contributed by atoms with E-state index in [1.807, 2.05) is 0 Å². The molecule has 0 fully saturated rings. The van der Waals surface area contributed by atoms with E-state index < -0.39 is 17.5 Å².